The number of amides is 1. The number of fused-ring (bicyclic) bond motifs is 2. The molecule has 36 heavy (non-hydrogen) atoms. The summed E-state index contributed by atoms with van der Waals surface area (Å²) in [6.45, 7) is 0. The van der Waals surface area contributed by atoms with Crippen LogP contribution in [0.15, 0.2) is 88.7 Å². The van der Waals surface area contributed by atoms with Crippen LogP contribution >= 0.6 is 0 Å². The predicted octanol–water partition coefficient (Wildman–Crippen LogP) is 4.24. The van der Waals surface area contributed by atoms with E-state index in [1.807, 2.05) is 0 Å². The standard InChI is InChI=1S/C26H25FN2O5S2/c27-24-11-4-5-12-25(24)36(33,34)28-19-8-6-7-18(15-19)26(30)29-20-13-14-21(29)17-23(16-20)35(31,32)22-9-2-1-3-10-22/h1-12,15,20-21,23,28H,13-14,16-17H2. The van der Waals surface area contributed by atoms with E-state index in [0.29, 0.717) is 17.7 Å². The number of hydrogen-bond donors (Lipinski definition) is 1. The van der Waals surface area contributed by atoms with Gasteiger partial charge >= 0.3 is 0 Å². The van der Waals surface area contributed by atoms with Gasteiger partial charge in [-0.05, 0) is 68.1 Å². The third-order valence-corrected chi connectivity index (χ3v) is 10.5. The quantitative estimate of drug-likeness (QED) is 0.516. The average Bonchev–Trinajstić information content (AvgIpc) is 3.12. The molecule has 2 bridgehead atoms. The van der Waals surface area contributed by atoms with E-state index in [4.69, 9.17) is 0 Å². The third kappa shape index (κ3) is 4.51. The minimum atomic E-state index is -4.19. The molecule has 0 radical (unpaired) electrons. The van der Waals surface area contributed by atoms with Crippen LogP contribution in [0.25, 0.3) is 0 Å². The fourth-order valence-electron chi connectivity index (χ4n) is 5.25. The zero-order valence-electron chi connectivity index (χ0n) is 19.2. The van der Waals surface area contributed by atoms with E-state index in [9.17, 15) is 26.0 Å². The number of sulfonamides is 1. The summed E-state index contributed by atoms with van der Waals surface area (Å²) in [6.07, 6.45) is 2.16. The second-order valence-corrected chi connectivity index (χ2v) is 13.0. The van der Waals surface area contributed by atoms with Gasteiger partial charge in [0, 0.05) is 23.3 Å². The van der Waals surface area contributed by atoms with E-state index >= 15 is 0 Å². The van der Waals surface area contributed by atoms with Gasteiger partial charge in [-0.3, -0.25) is 9.52 Å². The number of sulfone groups is 1. The van der Waals surface area contributed by atoms with Crippen molar-refractivity contribution in [1.82, 2.24) is 4.90 Å². The van der Waals surface area contributed by atoms with Crippen molar-refractivity contribution in [2.45, 2.75) is 52.8 Å². The van der Waals surface area contributed by atoms with Gasteiger partial charge in [-0.2, -0.15) is 0 Å². The number of benzene rings is 3. The van der Waals surface area contributed by atoms with Crippen LogP contribution in [0.4, 0.5) is 10.1 Å². The molecule has 0 spiro atoms. The Morgan fingerprint density at radius 3 is 2.14 bits per heavy atom. The van der Waals surface area contributed by atoms with Crippen LogP contribution in [-0.2, 0) is 19.9 Å². The molecule has 1 amide bonds. The Morgan fingerprint density at radius 1 is 0.833 bits per heavy atom. The van der Waals surface area contributed by atoms with Gasteiger partial charge < -0.3 is 4.90 Å². The van der Waals surface area contributed by atoms with Crippen LogP contribution in [-0.4, -0.2) is 45.0 Å². The first-order valence-corrected chi connectivity index (χ1v) is 14.7. The first-order valence-electron chi connectivity index (χ1n) is 11.7. The van der Waals surface area contributed by atoms with Crippen molar-refractivity contribution in [3.63, 3.8) is 0 Å². The molecule has 2 aliphatic rings. The minimum Gasteiger partial charge on any atom is -0.333 e. The molecule has 7 nitrogen and oxygen atoms in total. The van der Waals surface area contributed by atoms with Gasteiger partial charge in [0.05, 0.1) is 10.1 Å². The molecule has 3 aromatic carbocycles. The highest BCUT2D eigenvalue weighted by molar-refractivity contribution is 7.92. The van der Waals surface area contributed by atoms with Crippen molar-refractivity contribution in [3.8, 4) is 0 Å². The molecular formula is C26H25FN2O5S2. The number of hydrogen-bond acceptors (Lipinski definition) is 5. The lowest BCUT2D eigenvalue weighted by molar-refractivity contribution is 0.0598. The Kier molecular flexibility index (Phi) is 6.34. The molecule has 10 heteroatoms. The number of piperidine rings is 1. The number of anilines is 1. The number of carbonyl (C=O) groups excluding carboxylic acids is 1. The van der Waals surface area contributed by atoms with Crippen LogP contribution in [0.5, 0.6) is 0 Å². The second-order valence-electron chi connectivity index (χ2n) is 9.17. The predicted molar refractivity (Wildman–Crippen MR) is 133 cm³/mol. The molecule has 5 rings (SSSR count). The summed E-state index contributed by atoms with van der Waals surface area (Å²) < 4.78 is 68.0. The Balaban J connectivity index is 1.35. The minimum absolute atomic E-state index is 0.137. The Hall–Kier alpha value is -3.24. The molecule has 2 aliphatic heterocycles. The maximum atomic E-state index is 14.0. The molecule has 0 aliphatic carbocycles. The number of nitrogens with one attached hydrogen (secondary N) is 1. The molecule has 2 heterocycles. The largest absolute Gasteiger partial charge is 0.333 e. The summed E-state index contributed by atoms with van der Waals surface area (Å²) in [7, 11) is -7.69. The van der Waals surface area contributed by atoms with Crippen molar-refractivity contribution in [3.05, 3.63) is 90.2 Å². The lowest BCUT2D eigenvalue weighted by Gasteiger charge is -2.38. The smallest absolute Gasteiger partial charge is 0.264 e. The second kappa shape index (κ2) is 9.33. The van der Waals surface area contributed by atoms with Gasteiger partial charge in [0.2, 0.25) is 0 Å². The van der Waals surface area contributed by atoms with Crippen molar-refractivity contribution in [2.75, 3.05) is 4.72 Å². The van der Waals surface area contributed by atoms with E-state index in [0.717, 1.165) is 25.0 Å². The van der Waals surface area contributed by atoms with Gasteiger partial charge in [-0.1, -0.05) is 36.4 Å². The normalized spacial score (nSPS) is 21.8. The van der Waals surface area contributed by atoms with Crippen molar-refractivity contribution >= 4 is 31.5 Å². The lowest BCUT2D eigenvalue weighted by Crippen LogP contribution is -2.49. The van der Waals surface area contributed by atoms with E-state index in [1.54, 1.807) is 47.4 Å². The van der Waals surface area contributed by atoms with Crippen molar-refractivity contribution in [1.29, 1.82) is 0 Å². The number of rotatable bonds is 6. The number of halogens is 1. The zero-order valence-corrected chi connectivity index (χ0v) is 20.9. The van der Waals surface area contributed by atoms with Crippen LogP contribution in [0, 0.1) is 5.82 Å². The topological polar surface area (TPSA) is 101 Å². The Morgan fingerprint density at radius 2 is 1.47 bits per heavy atom. The first kappa shape index (κ1) is 24.5. The number of nitrogens with zero attached hydrogens (tertiary/aromatic N) is 1. The van der Waals surface area contributed by atoms with Crippen LogP contribution in [0.1, 0.15) is 36.0 Å². The Bertz CT molecular complexity index is 1500. The SMILES string of the molecule is O=C(c1cccc(NS(=O)(=O)c2ccccc2F)c1)N1C2CCC1CC(S(=O)(=O)c1ccccc1)C2. The van der Waals surface area contributed by atoms with E-state index in [-0.39, 0.29) is 29.2 Å². The molecule has 0 saturated carbocycles. The molecule has 2 atom stereocenters. The molecule has 188 valence electrons. The summed E-state index contributed by atoms with van der Waals surface area (Å²) in [4.78, 5) is 15.0. The van der Waals surface area contributed by atoms with E-state index in [1.165, 1.54) is 24.3 Å². The third-order valence-electron chi connectivity index (χ3n) is 6.92. The molecule has 1 N–H and O–H groups in total. The van der Waals surface area contributed by atoms with E-state index < -0.39 is 35.8 Å². The van der Waals surface area contributed by atoms with Crippen LogP contribution in [0.2, 0.25) is 0 Å². The monoisotopic (exact) mass is 528 g/mol. The molecular weight excluding hydrogens is 503 g/mol. The highest BCUT2D eigenvalue weighted by Crippen LogP contribution is 2.40. The van der Waals surface area contributed by atoms with Gasteiger partial charge in [-0.15, -0.1) is 0 Å². The molecule has 0 aromatic heterocycles. The van der Waals surface area contributed by atoms with Crippen molar-refractivity contribution in [2.24, 2.45) is 0 Å². The summed E-state index contributed by atoms with van der Waals surface area (Å²) >= 11 is 0. The maximum absolute atomic E-state index is 14.0. The molecule has 2 fully saturated rings. The highest BCUT2D eigenvalue weighted by Gasteiger charge is 2.47. The molecule has 2 saturated heterocycles. The Labute approximate surface area is 209 Å². The lowest BCUT2D eigenvalue weighted by atomic mass is 10.0. The van der Waals surface area contributed by atoms with Gasteiger partial charge in [0.1, 0.15) is 10.7 Å². The fourth-order valence-corrected chi connectivity index (χ4v) is 8.25. The van der Waals surface area contributed by atoms with Crippen LogP contribution < -0.4 is 4.72 Å². The fraction of sp³-hybridized carbons (Fsp3) is 0.269. The highest BCUT2D eigenvalue weighted by atomic mass is 32.2. The zero-order chi connectivity index (χ0) is 25.5. The number of carbonyl (C=O) groups is 1. The van der Waals surface area contributed by atoms with Gasteiger partial charge in [-0.25, -0.2) is 21.2 Å². The average molecular weight is 529 g/mol. The summed E-state index contributed by atoms with van der Waals surface area (Å²) in [5, 5.41) is -0.555. The molecule has 3 aromatic rings. The first-order chi connectivity index (χ1) is 17.2. The van der Waals surface area contributed by atoms with Gasteiger partial charge in [0.15, 0.2) is 9.84 Å². The maximum Gasteiger partial charge on any atom is 0.264 e. The summed E-state index contributed by atoms with van der Waals surface area (Å²) in [6, 6.07) is 19.1. The van der Waals surface area contributed by atoms with E-state index in [2.05, 4.69) is 4.72 Å². The summed E-state index contributed by atoms with van der Waals surface area (Å²) in [5.74, 6) is -1.15. The molecule has 2 unspecified atom stereocenters. The van der Waals surface area contributed by atoms with Crippen molar-refractivity contribution < 1.29 is 26.0 Å². The van der Waals surface area contributed by atoms with Gasteiger partial charge in [0.25, 0.3) is 15.9 Å². The summed E-state index contributed by atoms with van der Waals surface area (Å²) in [5.41, 5.74) is 0.419. The van der Waals surface area contributed by atoms with Crippen LogP contribution in [0.3, 0.4) is 0 Å².